The van der Waals surface area contributed by atoms with E-state index in [0.717, 1.165) is 24.8 Å². The van der Waals surface area contributed by atoms with Crippen LogP contribution in [0.25, 0.3) is 11.7 Å². The number of benzene rings is 1. The number of unbranched alkanes of at least 4 members (excludes halogenated alkanes) is 2. The minimum Gasteiger partial charge on any atom is -0.387 e. The monoisotopic (exact) mass is 494 g/mol. The second kappa shape index (κ2) is 10.9. The van der Waals surface area contributed by atoms with E-state index in [1.165, 1.54) is 16.2 Å². The standard InChI is InChI=1S/C25H26N4O3S2/c1-2-3-8-14-29-24(32)20(34-25(29)33)15-18-22(26-16-19(30)17-10-5-4-6-11-17)27-21-12-7-9-13-28(21)23(18)31/h4-7,9-13,15,19,26,30H,2-3,8,14,16H2,1H3/b20-15-/t19-/m0/s1. The average Bonchev–Trinajstić information content (AvgIpc) is 3.12. The van der Waals surface area contributed by atoms with Gasteiger partial charge in [0.25, 0.3) is 11.5 Å². The van der Waals surface area contributed by atoms with Gasteiger partial charge in [0.1, 0.15) is 15.8 Å². The first-order chi connectivity index (χ1) is 16.5. The molecule has 9 heteroatoms. The predicted molar refractivity (Wildman–Crippen MR) is 141 cm³/mol. The highest BCUT2D eigenvalue weighted by atomic mass is 32.2. The summed E-state index contributed by atoms with van der Waals surface area (Å²) in [5, 5.41) is 13.7. The number of rotatable bonds is 9. The Morgan fingerprint density at radius 3 is 2.68 bits per heavy atom. The van der Waals surface area contributed by atoms with Crippen molar-refractivity contribution < 1.29 is 9.90 Å². The summed E-state index contributed by atoms with van der Waals surface area (Å²) in [4.78, 5) is 32.9. The van der Waals surface area contributed by atoms with E-state index >= 15 is 0 Å². The second-order valence-corrected chi connectivity index (χ2v) is 9.63. The Hall–Kier alpha value is -3.01. The van der Waals surface area contributed by atoms with Gasteiger partial charge in [0.2, 0.25) is 0 Å². The van der Waals surface area contributed by atoms with Gasteiger partial charge < -0.3 is 10.4 Å². The summed E-state index contributed by atoms with van der Waals surface area (Å²) in [6.45, 7) is 2.82. The third-order valence-corrected chi connectivity index (χ3v) is 6.93. The van der Waals surface area contributed by atoms with Gasteiger partial charge in [-0.25, -0.2) is 4.98 Å². The lowest BCUT2D eigenvalue weighted by Crippen LogP contribution is -2.29. The maximum atomic E-state index is 13.3. The molecule has 1 fully saturated rings. The summed E-state index contributed by atoms with van der Waals surface area (Å²) in [6, 6.07) is 14.5. The first kappa shape index (κ1) is 24.1. The number of carbonyl (C=O) groups is 1. The number of nitrogens with one attached hydrogen (secondary N) is 1. The molecule has 4 rings (SSSR count). The third kappa shape index (κ3) is 5.22. The number of thiocarbonyl (C=S) groups is 1. The Morgan fingerprint density at radius 1 is 1.15 bits per heavy atom. The number of aliphatic hydroxyl groups excluding tert-OH is 1. The molecule has 0 unspecified atom stereocenters. The molecule has 1 aromatic carbocycles. The molecule has 1 saturated heterocycles. The van der Waals surface area contributed by atoms with E-state index < -0.39 is 6.10 Å². The number of anilines is 1. The van der Waals surface area contributed by atoms with E-state index in [-0.39, 0.29) is 23.6 Å². The summed E-state index contributed by atoms with van der Waals surface area (Å²) in [5.41, 5.74) is 1.16. The van der Waals surface area contributed by atoms with Crippen molar-refractivity contribution in [3.05, 3.63) is 81.1 Å². The van der Waals surface area contributed by atoms with Gasteiger partial charge in [0.05, 0.1) is 16.6 Å². The topological polar surface area (TPSA) is 86.9 Å². The van der Waals surface area contributed by atoms with E-state index in [1.807, 2.05) is 30.3 Å². The number of hydrogen-bond acceptors (Lipinski definition) is 7. The van der Waals surface area contributed by atoms with Crippen LogP contribution in [0.15, 0.2) is 64.4 Å². The van der Waals surface area contributed by atoms with Crippen molar-refractivity contribution >= 4 is 51.7 Å². The molecule has 2 aromatic heterocycles. The van der Waals surface area contributed by atoms with Crippen LogP contribution in [0.4, 0.5) is 5.82 Å². The maximum Gasteiger partial charge on any atom is 0.267 e. The quantitative estimate of drug-likeness (QED) is 0.261. The van der Waals surface area contributed by atoms with Crippen LogP contribution in [0.5, 0.6) is 0 Å². The molecule has 0 aliphatic carbocycles. The number of nitrogens with zero attached hydrogens (tertiary/aromatic N) is 3. The van der Waals surface area contributed by atoms with E-state index in [2.05, 4.69) is 17.2 Å². The van der Waals surface area contributed by atoms with Crippen LogP contribution in [-0.4, -0.2) is 42.7 Å². The van der Waals surface area contributed by atoms with Gasteiger partial charge in [0.15, 0.2) is 0 Å². The first-order valence-electron chi connectivity index (χ1n) is 11.2. The van der Waals surface area contributed by atoms with Crippen molar-refractivity contribution in [3.8, 4) is 0 Å². The summed E-state index contributed by atoms with van der Waals surface area (Å²) < 4.78 is 1.93. The highest BCUT2D eigenvalue weighted by Gasteiger charge is 2.32. The molecular formula is C25H26N4O3S2. The highest BCUT2D eigenvalue weighted by Crippen LogP contribution is 2.33. The van der Waals surface area contributed by atoms with E-state index in [4.69, 9.17) is 12.2 Å². The van der Waals surface area contributed by atoms with Gasteiger partial charge in [-0.15, -0.1) is 0 Å². The van der Waals surface area contributed by atoms with Gasteiger partial charge in [-0.1, -0.05) is 80.1 Å². The fourth-order valence-electron chi connectivity index (χ4n) is 3.70. The molecule has 0 saturated carbocycles. The number of amides is 1. The number of pyridine rings is 1. The molecule has 7 nitrogen and oxygen atoms in total. The summed E-state index contributed by atoms with van der Waals surface area (Å²) >= 11 is 6.62. The van der Waals surface area contributed by atoms with Crippen LogP contribution in [0.2, 0.25) is 0 Å². The zero-order chi connectivity index (χ0) is 24.1. The van der Waals surface area contributed by atoms with E-state index in [9.17, 15) is 14.7 Å². The molecule has 0 bridgehead atoms. The summed E-state index contributed by atoms with van der Waals surface area (Å²) in [6.07, 6.45) is 5.35. The number of aromatic nitrogens is 2. The van der Waals surface area contributed by atoms with Crippen molar-refractivity contribution in [2.45, 2.75) is 32.3 Å². The molecule has 3 aromatic rings. The lowest BCUT2D eigenvalue weighted by Gasteiger charge is -2.15. The highest BCUT2D eigenvalue weighted by molar-refractivity contribution is 8.26. The Bertz CT molecular complexity index is 1290. The number of fused-ring (bicyclic) bond motifs is 1. The number of aliphatic hydroxyl groups is 1. The van der Waals surface area contributed by atoms with Crippen LogP contribution >= 0.6 is 24.0 Å². The van der Waals surface area contributed by atoms with Crippen molar-refractivity contribution in [1.29, 1.82) is 0 Å². The smallest absolute Gasteiger partial charge is 0.267 e. The summed E-state index contributed by atoms with van der Waals surface area (Å²) in [7, 11) is 0. The maximum absolute atomic E-state index is 13.3. The number of thioether (sulfide) groups is 1. The fourth-order valence-corrected chi connectivity index (χ4v) is 4.99. The van der Waals surface area contributed by atoms with Crippen molar-refractivity contribution in [2.75, 3.05) is 18.4 Å². The lowest BCUT2D eigenvalue weighted by molar-refractivity contribution is -0.122. The Balaban J connectivity index is 1.67. The molecule has 2 N–H and O–H groups in total. The van der Waals surface area contributed by atoms with Crippen LogP contribution in [-0.2, 0) is 4.79 Å². The fraction of sp³-hybridized carbons (Fsp3) is 0.280. The number of hydrogen-bond donors (Lipinski definition) is 2. The molecule has 0 spiro atoms. The second-order valence-electron chi connectivity index (χ2n) is 7.96. The van der Waals surface area contributed by atoms with Crippen LogP contribution in [0, 0.1) is 0 Å². The zero-order valence-electron chi connectivity index (χ0n) is 18.8. The molecule has 0 radical (unpaired) electrons. The molecule has 1 aliphatic heterocycles. The largest absolute Gasteiger partial charge is 0.387 e. The molecule has 1 aliphatic rings. The molecule has 1 amide bonds. The minimum atomic E-state index is -0.790. The van der Waals surface area contributed by atoms with Gasteiger partial charge in [0, 0.05) is 19.3 Å². The van der Waals surface area contributed by atoms with Crippen molar-refractivity contribution in [3.63, 3.8) is 0 Å². The first-order valence-corrected chi connectivity index (χ1v) is 12.5. The van der Waals surface area contributed by atoms with Crippen molar-refractivity contribution in [1.82, 2.24) is 14.3 Å². The molecule has 1 atom stereocenters. The Morgan fingerprint density at radius 2 is 1.91 bits per heavy atom. The minimum absolute atomic E-state index is 0.151. The third-order valence-electron chi connectivity index (χ3n) is 5.55. The SMILES string of the molecule is CCCCCN1C(=O)/C(=C/c2c(NC[C@H](O)c3ccccc3)nc3ccccn3c2=O)SC1=S. The molecule has 3 heterocycles. The van der Waals surface area contributed by atoms with Gasteiger partial charge >= 0.3 is 0 Å². The average molecular weight is 495 g/mol. The van der Waals surface area contributed by atoms with Gasteiger partial charge in [-0.05, 0) is 30.2 Å². The zero-order valence-corrected chi connectivity index (χ0v) is 20.4. The van der Waals surface area contributed by atoms with Crippen molar-refractivity contribution in [2.24, 2.45) is 0 Å². The number of carbonyl (C=O) groups excluding carboxylic acids is 1. The van der Waals surface area contributed by atoms with Crippen LogP contribution in [0.1, 0.15) is 43.4 Å². The predicted octanol–water partition coefficient (Wildman–Crippen LogP) is 4.23. The van der Waals surface area contributed by atoms with Gasteiger partial charge in [-0.3, -0.25) is 18.9 Å². The van der Waals surface area contributed by atoms with E-state index in [1.54, 1.807) is 35.4 Å². The summed E-state index contributed by atoms with van der Waals surface area (Å²) in [5.74, 6) is 0.112. The molecule has 176 valence electrons. The normalized spacial score (nSPS) is 15.9. The van der Waals surface area contributed by atoms with Gasteiger partial charge in [-0.2, -0.15) is 0 Å². The molecular weight excluding hydrogens is 468 g/mol. The Labute approximate surface area is 207 Å². The van der Waals surface area contributed by atoms with Crippen LogP contribution < -0.4 is 10.9 Å². The lowest BCUT2D eigenvalue weighted by atomic mass is 10.1. The molecule has 34 heavy (non-hydrogen) atoms. The Kier molecular flexibility index (Phi) is 7.77. The van der Waals surface area contributed by atoms with E-state index in [0.29, 0.717) is 27.2 Å². The van der Waals surface area contributed by atoms with Crippen LogP contribution in [0.3, 0.4) is 0 Å².